The number of aryl methyl sites for hydroxylation is 3. The van der Waals surface area contributed by atoms with Gasteiger partial charge in [0.2, 0.25) is 0 Å². The Labute approximate surface area is 132 Å². The maximum Gasteiger partial charge on any atom is 0.273 e. The van der Waals surface area contributed by atoms with E-state index in [9.17, 15) is 4.79 Å². The van der Waals surface area contributed by atoms with Crippen LogP contribution in [-0.2, 0) is 0 Å². The molecule has 0 saturated carbocycles. The zero-order valence-corrected chi connectivity index (χ0v) is 13.2. The minimum Gasteiger partial charge on any atom is -0.267 e. The summed E-state index contributed by atoms with van der Waals surface area (Å²) < 4.78 is 3.51. The van der Waals surface area contributed by atoms with Crippen LogP contribution in [0, 0.1) is 20.8 Å². The molecule has 0 aliphatic heterocycles. The van der Waals surface area contributed by atoms with Gasteiger partial charge in [-0.2, -0.15) is 4.52 Å². The van der Waals surface area contributed by atoms with Crippen molar-refractivity contribution in [3.05, 3.63) is 69.8 Å². The summed E-state index contributed by atoms with van der Waals surface area (Å²) in [4.78, 5) is 21.6. The Bertz CT molecular complexity index is 1110. The van der Waals surface area contributed by atoms with Gasteiger partial charge in [-0.05, 0) is 56.2 Å². The second kappa shape index (κ2) is 4.78. The Morgan fingerprint density at radius 1 is 0.957 bits per heavy atom. The van der Waals surface area contributed by atoms with Crippen molar-refractivity contribution in [1.29, 1.82) is 0 Å². The van der Waals surface area contributed by atoms with Gasteiger partial charge in [0.1, 0.15) is 5.69 Å². The summed E-state index contributed by atoms with van der Waals surface area (Å²) in [5.74, 6) is 0.555. The first-order valence-corrected chi connectivity index (χ1v) is 7.50. The van der Waals surface area contributed by atoms with Gasteiger partial charge in [-0.25, -0.2) is 9.50 Å². The molecule has 4 aromatic rings. The van der Waals surface area contributed by atoms with Gasteiger partial charge in [0, 0.05) is 18.0 Å². The Kier molecular flexibility index (Phi) is 2.84. The molecule has 0 fully saturated rings. The van der Waals surface area contributed by atoms with Crippen LogP contribution in [0.3, 0.4) is 0 Å². The molecule has 1 aromatic carbocycles. The topological polar surface area (TPSA) is 51.7 Å². The lowest BCUT2D eigenvalue weighted by molar-refractivity contribution is 0.788. The first kappa shape index (κ1) is 13.7. The van der Waals surface area contributed by atoms with Gasteiger partial charge in [0.15, 0.2) is 5.82 Å². The number of fused-ring (bicyclic) bond motifs is 3. The molecule has 0 bridgehead atoms. The molecule has 0 atom stereocenters. The highest BCUT2D eigenvalue weighted by molar-refractivity contribution is 5.78. The minimum atomic E-state index is -0.101. The number of nitrogens with zero attached hydrogens (tertiary/aromatic N) is 4. The van der Waals surface area contributed by atoms with E-state index in [2.05, 4.69) is 31.0 Å². The smallest absolute Gasteiger partial charge is 0.267 e. The molecule has 3 aromatic heterocycles. The maximum absolute atomic E-state index is 12.5. The highest BCUT2D eigenvalue weighted by Gasteiger charge is 2.15. The molecule has 0 N–H and O–H groups in total. The third-order valence-corrected chi connectivity index (χ3v) is 4.22. The third kappa shape index (κ3) is 1.97. The molecule has 5 heteroatoms. The number of aromatic nitrogens is 4. The number of benzene rings is 1. The second-order valence-electron chi connectivity index (χ2n) is 5.82. The average Bonchev–Trinajstić information content (AvgIpc) is 2.84. The molecule has 0 unspecified atom stereocenters. The highest BCUT2D eigenvalue weighted by Crippen LogP contribution is 2.22. The van der Waals surface area contributed by atoms with E-state index >= 15 is 0 Å². The lowest BCUT2D eigenvalue weighted by Crippen LogP contribution is -2.16. The molecule has 0 saturated heterocycles. The van der Waals surface area contributed by atoms with Gasteiger partial charge in [-0.15, -0.1) is 0 Å². The molecule has 0 radical (unpaired) electrons. The fourth-order valence-electron chi connectivity index (χ4n) is 2.92. The standard InChI is InChI=1S/C18H16N4O/c1-11-8-15-16(9-12(11)2)21-13(3)10-17(23)22(21)18(20-15)14-6-4-5-7-19-14/h4-10H,1-3H3. The fraction of sp³-hybridized carbons (Fsp3) is 0.167. The molecule has 114 valence electrons. The summed E-state index contributed by atoms with van der Waals surface area (Å²) in [6.07, 6.45) is 1.71. The summed E-state index contributed by atoms with van der Waals surface area (Å²) in [5, 5.41) is 0. The number of hydrogen-bond acceptors (Lipinski definition) is 3. The maximum atomic E-state index is 12.5. The second-order valence-corrected chi connectivity index (χ2v) is 5.82. The van der Waals surface area contributed by atoms with E-state index < -0.39 is 0 Å². The third-order valence-electron chi connectivity index (χ3n) is 4.22. The molecular weight excluding hydrogens is 288 g/mol. The average molecular weight is 304 g/mol. The van der Waals surface area contributed by atoms with Crippen LogP contribution < -0.4 is 5.56 Å². The molecule has 0 aliphatic carbocycles. The number of pyridine rings is 1. The number of hydrogen-bond donors (Lipinski definition) is 0. The van der Waals surface area contributed by atoms with Gasteiger partial charge in [0.25, 0.3) is 5.56 Å². The molecule has 0 amide bonds. The van der Waals surface area contributed by atoms with Crippen molar-refractivity contribution < 1.29 is 0 Å². The van der Waals surface area contributed by atoms with Crippen LogP contribution >= 0.6 is 0 Å². The van der Waals surface area contributed by atoms with E-state index in [4.69, 9.17) is 4.98 Å². The van der Waals surface area contributed by atoms with Crippen LogP contribution in [0.1, 0.15) is 16.8 Å². The summed E-state index contributed by atoms with van der Waals surface area (Å²) in [7, 11) is 0. The van der Waals surface area contributed by atoms with Crippen LogP contribution in [0.2, 0.25) is 0 Å². The predicted octanol–water partition coefficient (Wildman–Crippen LogP) is 2.93. The van der Waals surface area contributed by atoms with Crippen molar-refractivity contribution in [3.8, 4) is 11.5 Å². The zero-order valence-electron chi connectivity index (χ0n) is 13.2. The number of rotatable bonds is 1. The van der Waals surface area contributed by atoms with Gasteiger partial charge in [-0.3, -0.25) is 9.78 Å². The van der Waals surface area contributed by atoms with Crippen molar-refractivity contribution in [1.82, 2.24) is 19.0 Å². The Morgan fingerprint density at radius 3 is 2.48 bits per heavy atom. The summed E-state index contributed by atoms with van der Waals surface area (Å²) in [6.45, 7) is 6.06. The van der Waals surface area contributed by atoms with Crippen LogP contribution in [-0.4, -0.2) is 19.0 Å². The van der Waals surface area contributed by atoms with E-state index in [0.29, 0.717) is 11.5 Å². The lowest BCUT2D eigenvalue weighted by atomic mass is 10.1. The van der Waals surface area contributed by atoms with Crippen molar-refractivity contribution in [3.63, 3.8) is 0 Å². The van der Waals surface area contributed by atoms with E-state index in [-0.39, 0.29) is 5.56 Å². The molecule has 5 nitrogen and oxygen atoms in total. The van der Waals surface area contributed by atoms with Crippen LogP contribution in [0.25, 0.3) is 22.6 Å². The monoisotopic (exact) mass is 304 g/mol. The normalized spacial score (nSPS) is 11.4. The zero-order chi connectivity index (χ0) is 16.1. The van der Waals surface area contributed by atoms with Crippen molar-refractivity contribution in [2.45, 2.75) is 20.8 Å². The summed E-state index contributed by atoms with van der Waals surface area (Å²) >= 11 is 0. The fourth-order valence-corrected chi connectivity index (χ4v) is 2.92. The van der Waals surface area contributed by atoms with Gasteiger partial charge < -0.3 is 0 Å². The van der Waals surface area contributed by atoms with Crippen molar-refractivity contribution in [2.75, 3.05) is 0 Å². The van der Waals surface area contributed by atoms with E-state index in [1.807, 2.05) is 29.6 Å². The molecule has 3 heterocycles. The van der Waals surface area contributed by atoms with Gasteiger partial charge in [-0.1, -0.05) is 6.07 Å². The van der Waals surface area contributed by atoms with Crippen LogP contribution in [0.5, 0.6) is 0 Å². The van der Waals surface area contributed by atoms with Crippen LogP contribution in [0.15, 0.2) is 47.4 Å². The van der Waals surface area contributed by atoms with Crippen molar-refractivity contribution in [2.24, 2.45) is 0 Å². The molecule has 23 heavy (non-hydrogen) atoms. The van der Waals surface area contributed by atoms with Crippen molar-refractivity contribution >= 4 is 11.0 Å². The predicted molar refractivity (Wildman–Crippen MR) is 89.9 cm³/mol. The van der Waals surface area contributed by atoms with Gasteiger partial charge >= 0.3 is 0 Å². The van der Waals surface area contributed by atoms with E-state index in [0.717, 1.165) is 16.7 Å². The van der Waals surface area contributed by atoms with Crippen LogP contribution in [0.4, 0.5) is 0 Å². The largest absolute Gasteiger partial charge is 0.273 e. The van der Waals surface area contributed by atoms with E-state index in [1.54, 1.807) is 16.8 Å². The molecule has 0 aliphatic rings. The first-order chi connectivity index (χ1) is 11.1. The minimum absolute atomic E-state index is 0.101. The molecular formula is C18H16N4O. The Hall–Kier alpha value is -2.95. The summed E-state index contributed by atoms with van der Waals surface area (Å²) in [5.41, 5.74) is 5.58. The Balaban J connectivity index is 2.26. The Morgan fingerprint density at radius 2 is 1.74 bits per heavy atom. The molecule has 0 spiro atoms. The van der Waals surface area contributed by atoms with Gasteiger partial charge in [0.05, 0.1) is 11.0 Å². The lowest BCUT2D eigenvalue weighted by Gasteiger charge is -2.12. The summed E-state index contributed by atoms with van der Waals surface area (Å²) in [6, 6.07) is 11.4. The quantitative estimate of drug-likeness (QED) is 0.543. The highest BCUT2D eigenvalue weighted by atomic mass is 16.1. The van der Waals surface area contributed by atoms with E-state index in [1.165, 1.54) is 11.1 Å². The molecule has 4 rings (SSSR count). The first-order valence-electron chi connectivity index (χ1n) is 7.50. The SMILES string of the molecule is Cc1cc2nc(-c3ccccn3)n3c(=O)cc(C)n3c2cc1C.